The molecule has 5 nitrogen and oxygen atoms in total. The van der Waals surface area contributed by atoms with Gasteiger partial charge in [0.2, 0.25) is 5.91 Å². The molecular formula is C24H31N3O2. The number of carbonyl (C=O) groups is 1. The third kappa shape index (κ3) is 4.31. The van der Waals surface area contributed by atoms with E-state index in [0.29, 0.717) is 13.1 Å². The van der Waals surface area contributed by atoms with Crippen LogP contribution < -0.4 is 5.32 Å². The molecule has 5 heteroatoms. The Bertz CT molecular complexity index is 919. The minimum absolute atomic E-state index is 0.118. The fourth-order valence-corrected chi connectivity index (χ4v) is 4.54. The van der Waals surface area contributed by atoms with Crippen molar-refractivity contribution < 1.29 is 9.90 Å². The molecule has 1 atom stereocenters. The van der Waals surface area contributed by atoms with Crippen molar-refractivity contribution in [1.82, 2.24) is 14.8 Å². The van der Waals surface area contributed by atoms with Gasteiger partial charge in [0, 0.05) is 40.8 Å². The Morgan fingerprint density at radius 1 is 1.03 bits per heavy atom. The first-order valence-electron chi connectivity index (χ1n) is 10.8. The van der Waals surface area contributed by atoms with Crippen LogP contribution in [0.25, 0.3) is 21.8 Å². The molecule has 1 aliphatic rings. The molecule has 2 aromatic carbocycles. The second-order valence-electron chi connectivity index (χ2n) is 8.16. The summed E-state index contributed by atoms with van der Waals surface area (Å²) in [6.07, 6.45) is 2.27. The average Bonchev–Trinajstić information content (AvgIpc) is 3.06. The van der Waals surface area contributed by atoms with Crippen molar-refractivity contribution >= 4 is 27.7 Å². The SMILES string of the molecule is CCCNC(=O)C1CCN(CC(O)Cn2c3ccccc3c3ccccc32)CC1. The molecule has 29 heavy (non-hydrogen) atoms. The first kappa shape index (κ1) is 19.9. The zero-order valence-corrected chi connectivity index (χ0v) is 17.2. The van der Waals surface area contributed by atoms with Crippen LogP contribution >= 0.6 is 0 Å². The normalized spacial score (nSPS) is 17.0. The summed E-state index contributed by atoms with van der Waals surface area (Å²) in [5.74, 6) is 0.310. The van der Waals surface area contributed by atoms with Crippen LogP contribution in [0.15, 0.2) is 48.5 Å². The van der Waals surface area contributed by atoms with Crippen LogP contribution in [0.5, 0.6) is 0 Å². The molecule has 1 saturated heterocycles. The highest BCUT2D eigenvalue weighted by atomic mass is 16.3. The largest absolute Gasteiger partial charge is 0.390 e. The van der Waals surface area contributed by atoms with Gasteiger partial charge in [-0.2, -0.15) is 0 Å². The van der Waals surface area contributed by atoms with Gasteiger partial charge in [0.25, 0.3) is 0 Å². The van der Waals surface area contributed by atoms with E-state index < -0.39 is 6.10 Å². The second kappa shape index (κ2) is 8.97. The van der Waals surface area contributed by atoms with Gasteiger partial charge in [-0.3, -0.25) is 4.79 Å². The quantitative estimate of drug-likeness (QED) is 0.647. The fraction of sp³-hybridized carbons (Fsp3) is 0.458. The van der Waals surface area contributed by atoms with E-state index in [2.05, 4.69) is 70.2 Å². The van der Waals surface area contributed by atoms with Gasteiger partial charge in [0.05, 0.1) is 12.6 Å². The van der Waals surface area contributed by atoms with E-state index in [-0.39, 0.29) is 11.8 Å². The number of β-amino-alcohol motifs (C(OH)–C–C–N with tert-alkyl or cyclic N) is 1. The molecule has 1 aromatic heterocycles. The van der Waals surface area contributed by atoms with Gasteiger partial charge >= 0.3 is 0 Å². The summed E-state index contributed by atoms with van der Waals surface area (Å²) in [6.45, 7) is 5.79. The van der Waals surface area contributed by atoms with Crippen LogP contribution in [-0.2, 0) is 11.3 Å². The van der Waals surface area contributed by atoms with Crippen molar-refractivity contribution in [3.8, 4) is 0 Å². The molecule has 1 fully saturated rings. The number of aromatic nitrogens is 1. The summed E-state index contributed by atoms with van der Waals surface area (Å²) >= 11 is 0. The lowest BCUT2D eigenvalue weighted by molar-refractivity contribution is -0.126. The van der Waals surface area contributed by atoms with Crippen LogP contribution in [0.4, 0.5) is 0 Å². The molecule has 4 rings (SSSR count). The lowest BCUT2D eigenvalue weighted by atomic mass is 9.95. The molecule has 2 heterocycles. The number of hydrogen-bond donors (Lipinski definition) is 2. The Labute approximate surface area is 172 Å². The van der Waals surface area contributed by atoms with Gasteiger partial charge in [-0.25, -0.2) is 0 Å². The van der Waals surface area contributed by atoms with Gasteiger partial charge in [0.15, 0.2) is 0 Å². The van der Waals surface area contributed by atoms with Crippen molar-refractivity contribution in [3.63, 3.8) is 0 Å². The highest BCUT2D eigenvalue weighted by molar-refractivity contribution is 6.07. The molecule has 1 amide bonds. The van der Waals surface area contributed by atoms with Crippen molar-refractivity contribution in [2.24, 2.45) is 5.92 Å². The standard InChI is InChI=1S/C24H31N3O2/c1-2-13-25-24(29)18-11-14-26(15-12-18)16-19(28)17-27-22-9-5-3-7-20(22)21-8-4-6-10-23(21)27/h3-10,18-19,28H,2,11-17H2,1H3,(H,25,29). The van der Waals surface area contributed by atoms with Crippen molar-refractivity contribution in [2.45, 2.75) is 38.8 Å². The summed E-state index contributed by atoms with van der Waals surface area (Å²) < 4.78 is 2.24. The fourth-order valence-electron chi connectivity index (χ4n) is 4.54. The second-order valence-corrected chi connectivity index (χ2v) is 8.16. The monoisotopic (exact) mass is 393 g/mol. The van der Waals surface area contributed by atoms with Crippen LogP contribution in [0.1, 0.15) is 26.2 Å². The van der Waals surface area contributed by atoms with E-state index in [1.54, 1.807) is 0 Å². The Kier molecular flexibility index (Phi) is 6.16. The molecule has 1 aliphatic heterocycles. The molecule has 154 valence electrons. The van der Waals surface area contributed by atoms with Crippen LogP contribution in [0, 0.1) is 5.92 Å². The van der Waals surface area contributed by atoms with Crippen LogP contribution in [-0.4, -0.2) is 52.8 Å². The van der Waals surface area contributed by atoms with Crippen LogP contribution in [0.3, 0.4) is 0 Å². The maximum Gasteiger partial charge on any atom is 0.223 e. The number of hydrogen-bond acceptors (Lipinski definition) is 3. The van der Waals surface area contributed by atoms with Crippen molar-refractivity contribution in [3.05, 3.63) is 48.5 Å². The first-order valence-corrected chi connectivity index (χ1v) is 10.8. The van der Waals surface area contributed by atoms with E-state index in [1.165, 1.54) is 21.8 Å². The Morgan fingerprint density at radius 3 is 2.21 bits per heavy atom. The molecule has 2 N–H and O–H groups in total. The van der Waals surface area contributed by atoms with Crippen molar-refractivity contribution in [1.29, 1.82) is 0 Å². The number of likely N-dealkylation sites (tertiary alicyclic amines) is 1. The molecule has 0 saturated carbocycles. The van der Waals surface area contributed by atoms with Gasteiger partial charge in [-0.1, -0.05) is 43.3 Å². The minimum atomic E-state index is -0.445. The summed E-state index contributed by atoms with van der Waals surface area (Å²) in [5.41, 5.74) is 2.33. The maximum absolute atomic E-state index is 12.2. The smallest absolute Gasteiger partial charge is 0.223 e. The lowest BCUT2D eigenvalue weighted by Gasteiger charge is -2.32. The van der Waals surface area contributed by atoms with Gasteiger partial charge < -0.3 is 19.9 Å². The number of nitrogens with zero attached hydrogens (tertiary/aromatic N) is 2. The molecule has 0 aliphatic carbocycles. The molecular weight excluding hydrogens is 362 g/mol. The average molecular weight is 394 g/mol. The summed E-state index contributed by atoms with van der Waals surface area (Å²) in [6, 6.07) is 16.8. The van der Waals surface area contributed by atoms with Crippen LogP contribution in [0.2, 0.25) is 0 Å². The number of piperidine rings is 1. The number of benzene rings is 2. The number of para-hydroxylation sites is 2. The number of aliphatic hydroxyl groups excluding tert-OH is 1. The molecule has 3 aromatic rings. The summed E-state index contributed by atoms with van der Waals surface area (Å²) in [5, 5.41) is 16.3. The number of rotatable bonds is 7. The van der Waals surface area contributed by atoms with Gasteiger partial charge in [0.1, 0.15) is 0 Å². The highest BCUT2D eigenvalue weighted by Crippen LogP contribution is 2.29. The predicted molar refractivity (Wildman–Crippen MR) is 118 cm³/mol. The zero-order valence-electron chi connectivity index (χ0n) is 17.2. The molecule has 0 radical (unpaired) electrons. The van der Waals surface area contributed by atoms with Gasteiger partial charge in [-0.05, 0) is 44.5 Å². The Hall–Kier alpha value is -2.37. The van der Waals surface area contributed by atoms with E-state index >= 15 is 0 Å². The number of amides is 1. The number of fused-ring (bicyclic) bond motifs is 3. The van der Waals surface area contributed by atoms with E-state index in [1.807, 2.05) is 0 Å². The number of nitrogens with one attached hydrogen (secondary N) is 1. The lowest BCUT2D eigenvalue weighted by Crippen LogP contribution is -2.43. The summed E-state index contributed by atoms with van der Waals surface area (Å²) in [4.78, 5) is 14.5. The molecule has 0 bridgehead atoms. The number of carbonyl (C=O) groups excluding carboxylic acids is 1. The van der Waals surface area contributed by atoms with E-state index in [4.69, 9.17) is 0 Å². The van der Waals surface area contributed by atoms with Crippen molar-refractivity contribution in [2.75, 3.05) is 26.2 Å². The third-order valence-electron chi connectivity index (χ3n) is 6.05. The van der Waals surface area contributed by atoms with E-state index in [9.17, 15) is 9.90 Å². The number of aliphatic hydroxyl groups is 1. The highest BCUT2D eigenvalue weighted by Gasteiger charge is 2.26. The third-order valence-corrected chi connectivity index (χ3v) is 6.05. The summed E-state index contributed by atoms with van der Waals surface area (Å²) in [7, 11) is 0. The van der Waals surface area contributed by atoms with Gasteiger partial charge in [-0.15, -0.1) is 0 Å². The molecule has 1 unspecified atom stereocenters. The molecule has 0 spiro atoms. The Balaban J connectivity index is 1.40. The maximum atomic E-state index is 12.2. The predicted octanol–water partition coefficient (Wildman–Crippen LogP) is 3.39. The zero-order chi connectivity index (χ0) is 20.2. The Morgan fingerprint density at radius 2 is 1.62 bits per heavy atom. The first-order chi connectivity index (χ1) is 14.2. The topological polar surface area (TPSA) is 57.5 Å². The van der Waals surface area contributed by atoms with E-state index in [0.717, 1.165) is 38.9 Å². The minimum Gasteiger partial charge on any atom is -0.390 e.